The predicted octanol–water partition coefficient (Wildman–Crippen LogP) is 3.09. The number of rotatable bonds is 4. The Labute approximate surface area is 163 Å². The lowest BCUT2D eigenvalue weighted by Gasteiger charge is -2.34. The number of nitrogens with zero attached hydrogens (tertiary/aromatic N) is 4. The van der Waals surface area contributed by atoms with Crippen molar-refractivity contribution in [3.05, 3.63) is 69.1 Å². The number of hydrogen-bond donors (Lipinski definition) is 0. The van der Waals surface area contributed by atoms with Gasteiger partial charge < -0.3 is 0 Å². The van der Waals surface area contributed by atoms with E-state index in [1.54, 1.807) is 18.3 Å². The second kappa shape index (κ2) is 7.65. The van der Waals surface area contributed by atoms with E-state index in [0.717, 1.165) is 37.9 Å². The zero-order valence-electron chi connectivity index (χ0n) is 15.0. The molecular formula is C19H19F3N4OS. The van der Waals surface area contributed by atoms with Gasteiger partial charge in [0.25, 0.3) is 5.56 Å². The van der Waals surface area contributed by atoms with Crippen LogP contribution in [-0.2, 0) is 19.3 Å². The molecule has 5 nitrogen and oxygen atoms in total. The van der Waals surface area contributed by atoms with Crippen LogP contribution in [0.5, 0.6) is 0 Å². The van der Waals surface area contributed by atoms with E-state index in [-0.39, 0.29) is 5.56 Å². The molecule has 0 aliphatic carbocycles. The van der Waals surface area contributed by atoms with Gasteiger partial charge in [-0.25, -0.2) is 4.98 Å². The van der Waals surface area contributed by atoms with E-state index in [2.05, 4.69) is 14.8 Å². The summed E-state index contributed by atoms with van der Waals surface area (Å²) in [5.74, 6) is 0. The Hall–Kier alpha value is -2.23. The molecule has 0 amide bonds. The van der Waals surface area contributed by atoms with Gasteiger partial charge in [-0.15, -0.1) is 11.3 Å². The van der Waals surface area contributed by atoms with Crippen LogP contribution in [-0.4, -0.2) is 45.4 Å². The Morgan fingerprint density at radius 3 is 2.46 bits per heavy atom. The Bertz CT molecular complexity index is 1020. The Morgan fingerprint density at radius 2 is 1.75 bits per heavy atom. The molecule has 1 fully saturated rings. The van der Waals surface area contributed by atoms with Crippen molar-refractivity contribution in [2.75, 3.05) is 26.2 Å². The Balaban J connectivity index is 1.35. The zero-order chi connectivity index (χ0) is 19.7. The fourth-order valence-electron chi connectivity index (χ4n) is 3.41. The fraction of sp³-hybridized carbons (Fsp3) is 0.368. The molecule has 0 bridgehead atoms. The Morgan fingerprint density at radius 1 is 1.04 bits per heavy atom. The third-order valence-corrected chi connectivity index (χ3v) is 5.62. The maximum atomic E-state index is 12.9. The third-order valence-electron chi connectivity index (χ3n) is 4.87. The molecule has 0 spiro atoms. The molecule has 1 aliphatic rings. The van der Waals surface area contributed by atoms with Gasteiger partial charge in [-0.1, -0.05) is 18.2 Å². The molecule has 0 unspecified atom stereocenters. The third kappa shape index (κ3) is 4.26. The van der Waals surface area contributed by atoms with Crippen LogP contribution in [0.15, 0.2) is 46.7 Å². The average molecular weight is 408 g/mol. The lowest BCUT2D eigenvalue weighted by Crippen LogP contribution is -2.45. The maximum absolute atomic E-state index is 12.9. The first-order chi connectivity index (χ1) is 13.4. The Kier molecular flexibility index (Phi) is 5.22. The van der Waals surface area contributed by atoms with Gasteiger partial charge in [-0.05, 0) is 11.6 Å². The van der Waals surface area contributed by atoms with Gasteiger partial charge in [-0.3, -0.25) is 19.0 Å². The summed E-state index contributed by atoms with van der Waals surface area (Å²) in [4.78, 5) is 21.7. The molecule has 1 aliphatic heterocycles. The van der Waals surface area contributed by atoms with Gasteiger partial charge in [0.1, 0.15) is 0 Å². The monoisotopic (exact) mass is 408 g/mol. The first kappa shape index (κ1) is 19.1. The van der Waals surface area contributed by atoms with Gasteiger partial charge in [0, 0.05) is 56.9 Å². The van der Waals surface area contributed by atoms with E-state index >= 15 is 0 Å². The van der Waals surface area contributed by atoms with Crippen molar-refractivity contribution in [1.29, 1.82) is 0 Å². The molecule has 0 atom stereocenters. The van der Waals surface area contributed by atoms with Crippen molar-refractivity contribution in [2.45, 2.75) is 19.3 Å². The van der Waals surface area contributed by atoms with Crippen molar-refractivity contribution in [3.63, 3.8) is 0 Å². The first-order valence-electron chi connectivity index (χ1n) is 8.95. The van der Waals surface area contributed by atoms with Gasteiger partial charge in [-0.2, -0.15) is 13.2 Å². The zero-order valence-corrected chi connectivity index (χ0v) is 15.8. The van der Waals surface area contributed by atoms with E-state index in [4.69, 9.17) is 0 Å². The minimum Gasteiger partial charge on any atom is -0.297 e. The number of hydrogen-bond acceptors (Lipinski definition) is 5. The first-order valence-corrected chi connectivity index (χ1v) is 9.83. The summed E-state index contributed by atoms with van der Waals surface area (Å²) in [6.07, 6.45) is -2.60. The van der Waals surface area contributed by atoms with Crippen LogP contribution < -0.4 is 5.56 Å². The number of fused-ring (bicyclic) bond motifs is 1. The number of benzene rings is 1. The van der Waals surface area contributed by atoms with Crippen molar-refractivity contribution in [1.82, 2.24) is 19.2 Å². The molecule has 4 rings (SSSR count). The minimum absolute atomic E-state index is 0.0792. The highest BCUT2D eigenvalue weighted by Crippen LogP contribution is 2.29. The number of halogens is 3. The molecule has 3 heterocycles. The molecule has 9 heteroatoms. The molecular weight excluding hydrogens is 389 g/mol. The van der Waals surface area contributed by atoms with Crippen molar-refractivity contribution >= 4 is 16.3 Å². The SMILES string of the molecule is O=c1cc(CN2CCN(Cc3cccc(C(F)(F)F)c3)CC2)nc2sccn12. The van der Waals surface area contributed by atoms with E-state index in [1.807, 2.05) is 5.38 Å². The largest absolute Gasteiger partial charge is 0.416 e. The summed E-state index contributed by atoms with van der Waals surface area (Å²) in [5.41, 5.74) is 0.731. The summed E-state index contributed by atoms with van der Waals surface area (Å²) in [6, 6.07) is 7.07. The summed E-state index contributed by atoms with van der Waals surface area (Å²) in [6.45, 7) is 4.18. The normalized spacial score (nSPS) is 16.7. The highest BCUT2D eigenvalue weighted by molar-refractivity contribution is 7.15. The van der Waals surface area contributed by atoms with Crippen molar-refractivity contribution < 1.29 is 13.2 Å². The number of piperazine rings is 1. The fourth-order valence-corrected chi connectivity index (χ4v) is 4.15. The molecule has 28 heavy (non-hydrogen) atoms. The molecule has 1 saturated heterocycles. The number of alkyl halides is 3. The quantitative estimate of drug-likeness (QED) is 0.665. The molecule has 0 N–H and O–H groups in total. The van der Waals surface area contributed by atoms with E-state index in [0.29, 0.717) is 23.6 Å². The molecule has 2 aromatic heterocycles. The van der Waals surface area contributed by atoms with Gasteiger partial charge >= 0.3 is 6.18 Å². The van der Waals surface area contributed by atoms with Crippen LogP contribution in [0.25, 0.3) is 4.96 Å². The van der Waals surface area contributed by atoms with Crippen LogP contribution >= 0.6 is 11.3 Å². The smallest absolute Gasteiger partial charge is 0.297 e. The lowest BCUT2D eigenvalue weighted by atomic mass is 10.1. The summed E-state index contributed by atoms with van der Waals surface area (Å²) < 4.78 is 40.1. The van der Waals surface area contributed by atoms with Crippen molar-refractivity contribution in [3.8, 4) is 0 Å². The topological polar surface area (TPSA) is 40.9 Å². The highest BCUT2D eigenvalue weighted by atomic mass is 32.1. The minimum atomic E-state index is -4.32. The summed E-state index contributed by atoms with van der Waals surface area (Å²) in [7, 11) is 0. The molecule has 0 radical (unpaired) electrons. The number of thiazole rings is 1. The molecule has 0 saturated carbocycles. The standard InChI is InChI=1S/C19H19F3N4OS/c20-19(21,22)15-3-1-2-14(10-15)12-24-4-6-25(7-5-24)13-16-11-17(27)26-8-9-28-18(26)23-16/h1-3,8-11H,4-7,12-13H2. The second-order valence-corrected chi connectivity index (χ2v) is 7.76. The molecule has 1 aromatic carbocycles. The maximum Gasteiger partial charge on any atom is 0.416 e. The van der Waals surface area contributed by atoms with Crippen LogP contribution in [0, 0.1) is 0 Å². The van der Waals surface area contributed by atoms with Gasteiger partial charge in [0.05, 0.1) is 11.3 Å². The number of aromatic nitrogens is 2. The van der Waals surface area contributed by atoms with E-state index in [1.165, 1.54) is 27.9 Å². The van der Waals surface area contributed by atoms with Crippen LogP contribution in [0.4, 0.5) is 13.2 Å². The highest BCUT2D eigenvalue weighted by Gasteiger charge is 2.30. The van der Waals surface area contributed by atoms with E-state index in [9.17, 15) is 18.0 Å². The van der Waals surface area contributed by atoms with E-state index < -0.39 is 11.7 Å². The van der Waals surface area contributed by atoms with Crippen LogP contribution in [0.3, 0.4) is 0 Å². The van der Waals surface area contributed by atoms with Gasteiger partial charge in [0.15, 0.2) is 4.96 Å². The summed E-state index contributed by atoms with van der Waals surface area (Å²) >= 11 is 1.43. The molecule has 3 aromatic rings. The van der Waals surface area contributed by atoms with Crippen molar-refractivity contribution in [2.24, 2.45) is 0 Å². The van der Waals surface area contributed by atoms with Gasteiger partial charge in [0.2, 0.25) is 0 Å². The summed E-state index contributed by atoms with van der Waals surface area (Å²) in [5, 5.41) is 1.83. The predicted molar refractivity (Wildman–Crippen MR) is 101 cm³/mol. The second-order valence-electron chi connectivity index (χ2n) is 6.89. The lowest BCUT2D eigenvalue weighted by molar-refractivity contribution is -0.137. The average Bonchev–Trinajstić information content (AvgIpc) is 3.12. The van der Waals surface area contributed by atoms with Crippen LogP contribution in [0.1, 0.15) is 16.8 Å². The molecule has 148 valence electrons. The van der Waals surface area contributed by atoms with Crippen LogP contribution in [0.2, 0.25) is 0 Å².